The summed E-state index contributed by atoms with van der Waals surface area (Å²) in [5.41, 5.74) is 0. The van der Waals surface area contributed by atoms with Crippen molar-refractivity contribution in [2.45, 2.75) is 37.5 Å². The first-order valence-corrected chi connectivity index (χ1v) is 8.67. The fourth-order valence-electron chi connectivity index (χ4n) is 2.52. The fourth-order valence-corrected chi connectivity index (χ4v) is 3.50. The summed E-state index contributed by atoms with van der Waals surface area (Å²) in [4.78, 5) is 15.4. The quantitative estimate of drug-likeness (QED) is 0.590. The molecule has 0 radical (unpaired) electrons. The molecule has 0 N–H and O–H groups in total. The van der Waals surface area contributed by atoms with Gasteiger partial charge in [0.25, 0.3) is 0 Å². The van der Waals surface area contributed by atoms with Crippen LogP contribution in [0.5, 0.6) is 0 Å². The largest absolute Gasteiger partial charge is 0.342 e. The summed E-state index contributed by atoms with van der Waals surface area (Å²) < 4.78 is 0. The van der Waals surface area contributed by atoms with E-state index in [4.69, 9.17) is 11.6 Å². The summed E-state index contributed by atoms with van der Waals surface area (Å²) in [5, 5.41) is 0.767. The number of rotatable bonds is 5. The van der Waals surface area contributed by atoms with Gasteiger partial charge in [0.1, 0.15) is 0 Å². The van der Waals surface area contributed by atoms with Crippen LogP contribution in [-0.4, -0.2) is 29.6 Å². The number of carbonyl (C=O) groups excluding carboxylic acids is 1. The van der Waals surface area contributed by atoms with Gasteiger partial charge in [0.2, 0.25) is 5.91 Å². The van der Waals surface area contributed by atoms with E-state index in [1.54, 1.807) is 11.8 Å². The molecule has 1 amide bonds. The van der Waals surface area contributed by atoms with Crippen LogP contribution in [0.1, 0.15) is 32.6 Å². The zero-order valence-electron chi connectivity index (χ0n) is 12.0. The van der Waals surface area contributed by atoms with Gasteiger partial charge in [-0.2, -0.15) is 0 Å². The second-order valence-corrected chi connectivity index (χ2v) is 7.10. The van der Waals surface area contributed by atoms with E-state index >= 15 is 0 Å². The number of hydrogen-bond donors (Lipinski definition) is 0. The van der Waals surface area contributed by atoms with Crippen LogP contribution < -0.4 is 0 Å². The SMILES string of the molecule is CC1CCCN(C(=O)CCCSc2ccc(Cl)cc2)C1. The summed E-state index contributed by atoms with van der Waals surface area (Å²) in [6.07, 6.45) is 4.03. The Morgan fingerprint density at radius 3 is 2.85 bits per heavy atom. The molecule has 0 aliphatic carbocycles. The van der Waals surface area contributed by atoms with Crippen LogP contribution in [0.15, 0.2) is 29.2 Å². The lowest BCUT2D eigenvalue weighted by atomic mass is 10.00. The number of piperidine rings is 1. The molecule has 110 valence electrons. The second-order valence-electron chi connectivity index (χ2n) is 5.49. The molecule has 1 fully saturated rings. The minimum absolute atomic E-state index is 0.327. The van der Waals surface area contributed by atoms with Crippen molar-refractivity contribution < 1.29 is 4.79 Å². The van der Waals surface area contributed by atoms with E-state index in [9.17, 15) is 4.79 Å². The number of hydrogen-bond acceptors (Lipinski definition) is 2. The van der Waals surface area contributed by atoms with E-state index in [1.807, 2.05) is 29.2 Å². The molecule has 1 unspecified atom stereocenters. The molecule has 0 bridgehead atoms. The standard InChI is InChI=1S/C16H22ClNOS/c1-13-4-2-10-18(12-13)16(19)5-3-11-20-15-8-6-14(17)7-9-15/h6-9,13H,2-5,10-12H2,1H3. The molecule has 0 spiro atoms. The smallest absolute Gasteiger partial charge is 0.222 e. The molecule has 20 heavy (non-hydrogen) atoms. The van der Waals surface area contributed by atoms with Crippen molar-refractivity contribution in [3.63, 3.8) is 0 Å². The minimum Gasteiger partial charge on any atom is -0.342 e. The molecular formula is C16H22ClNOS. The van der Waals surface area contributed by atoms with E-state index in [0.717, 1.165) is 36.7 Å². The first kappa shape index (κ1) is 15.7. The fraction of sp³-hybridized carbons (Fsp3) is 0.562. The molecule has 1 saturated heterocycles. The molecule has 1 atom stereocenters. The summed E-state index contributed by atoms with van der Waals surface area (Å²) in [6, 6.07) is 7.87. The Bertz CT molecular complexity index is 435. The minimum atomic E-state index is 0.327. The van der Waals surface area contributed by atoms with Crippen molar-refractivity contribution in [2.75, 3.05) is 18.8 Å². The molecule has 0 saturated carbocycles. The Kier molecular flexibility index (Phi) is 6.24. The molecule has 1 heterocycles. The average molecular weight is 312 g/mol. The highest BCUT2D eigenvalue weighted by Gasteiger charge is 2.20. The van der Waals surface area contributed by atoms with E-state index in [-0.39, 0.29) is 0 Å². The van der Waals surface area contributed by atoms with E-state index in [2.05, 4.69) is 6.92 Å². The lowest BCUT2D eigenvalue weighted by molar-refractivity contribution is -0.132. The maximum Gasteiger partial charge on any atom is 0.222 e. The van der Waals surface area contributed by atoms with Gasteiger partial charge in [-0.3, -0.25) is 4.79 Å². The van der Waals surface area contributed by atoms with Crippen LogP contribution in [0.2, 0.25) is 5.02 Å². The molecular weight excluding hydrogens is 290 g/mol. The van der Waals surface area contributed by atoms with Gasteiger partial charge >= 0.3 is 0 Å². The Balaban J connectivity index is 1.65. The van der Waals surface area contributed by atoms with Gasteiger partial charge < -0.3 is 4.90 Å². The highest BCUT2D eigenvalue weighted by atomic mass is 35.5. The van der Waals surface area contributed by atoms with Gasteiger partial charge in [-0.25, -0.2) is 0 Å². The highest BCUT2D eigenvalue weighted by molar-refractivity contribution is 7.99. The normalized spacial score (nSPS) is 19.1. The van der Waals surface area contributed by atoms with Crippen molar-refractivity contribution in [2.24, 2.45) is 5.92 Å². The van der Waals surface area contributed by atoms with Gasteiger partial charge in [0.05, 0.1) is 0 Å². The topological polar surface area (TPSA) is 20.3 Å². The maximum absolute atomic E-state index is 12.1. The molecule has 0 aromatic heterocycles. The molecule has 4 heteroatoms. The molecule has 1 aromatic rings. The average Bonchev–Trinajstić information content (AvgIpc) is 2.45. The zero-order valence-corrected chi connectivity index (χ0v) is 13.6. The summed E-state index contributed by atoms with van der Waals surface area (Å²) in [7, 11) is 0. The number of amides is 1. The summed E-state index contributed by atoms with van der Waals surface area (Å²) in [5.74, 6) is 1.97. The number of benzene rings is 1. The van der Waals surface area contributed by atoms with Crippen LogP contribution in [0.3, 0.4) is 0 Å². The molecule has 1 aliphatic heterocycles. The lowest BCUT2D eigenvalue weighted by Crippen LogP contribution is -2.39. The number of likely N-dealkylation sites (tertiary alicyclic amines) is 1. The van der Waals surface area contributed by atoms with Crippen molar-refractivity contribution in [1.29, 1.82) is 0 Å². The van der Waals surface area contributed by atoms with E-state index in [0.29, 0.717) is 18.2 Å². The van der Waals surface area contributed by atoms with Gasteiger partial charge in [0, 0.05) is 29.4 Å². The third-order valence-electron chi connectivity index (χ3n) is 3.63. The number of nitrogens with zero attached hydrogens (tertiary/aromatic N) is 1. The summed E-state index contributed by atoms with van der Waals surface area (Å²) >= 11 is 7.64. The Hall–Kier alpha value is -0.670. The second kappa shape index (κ2) is 7.94. The van der Waals surface area contributed by atoms with Crippen molar-refractivity contribution in [3.05, 3.63) is 29.3 Å². The van der Waals surface area contributed by atoms with E-state index < -0.39 is 0 Å². The lowest BCUT2D eigenvalue weighted by Gasteiger charge is -2.31. The van der Waals surface area contributed by atoms with Gasteiger partial charge in [-0.05, 0) is 55.2 Å². The van der Waals surface area contributed by atoms with Crippen LogP contribution in [0.25, 0.3) is 0 Å². The predicted octanol–water partition coefficient (Wildman–Crippen LogP) is 4.47. The van der Waals surface area contributed by atoms with E-state index in [1.165, 1.54) is 11.3 Å². The summed E-state index contributed by atoms with van der Waals surface area (Å²) in [6.45, 7) is 4.13. The van der Waals surface area contributed by atoms with Crippen molar-refractivity contribution >= 4 is 29.3 Å². The number of carbonyl (C=O) groups is 1. The molecule has 1 aliphatic rings. The molecule has 2 nitrogen and oxygen atoms in total. The van der Waals surface area contributed by atoms with Crippen molar-refractivity contribution in [1.82, 2.24) is 4.90 Å². The third kappa shape index (κ3) is 5.02. The third-order valence-corrected chi connectivity index (χ3v) is 4.98. The first-order chi connectivity index (χ1) is 9.65. The van der Waals surface area contributed by atoms with Crippen LogP contribution in [-0.2, 0) is 4.79 Å². The highest BCUT2D eigenvalue weighted by Crippen LogP contribution is 2.22. The van der Waals surface area contributed by atoms with Gasteiger partial charge in [-0.1, -0.05) is 18.5 Å². The molecule has 2 rings (SSSR count). The Labute approximate surface area is 130 Å². The Morgan fingerprint density at radius 1 is 1.40 bits per heavy atom. The number of thioether (sulfide) groups is 1. The molecule has 1 aromatic carbocycles. The first-order valence-electron chi connectivity index (χ1n) is 7.31. The van der Waals surface area contributed by atoms with Crippen LogP contribution in [0.4, 0.5) is 0 Å². The monoisotopic (exact) mass is 311 g/mol. The van der Waals surface area contributed by atoms with Crippen LogP contribution in [0, 0.1) is 5.92 Å². The van der Waals surface area contributed by atoms with Gasteiger partial charge in [0.15, 0.2) is 0 Å². The van der Waals surface area contributed by atoms with Crippen molar-refractivity contribution in [3.8, 4) is 0 Å². The predicted molar refractivity (Wildman–Crippen MR) is 86.4 cm³/mol. The number of halogens is 1. The Morgan fingerprint density at radius 2 is 2.15 bits per heavy atom. The van der Waals surface area contributed by atoms with Gasteiger partial charge in [-0.15, -0.1) is 11.8 Å². The maximum atomic E-state index is 12.1. The zero-order chi connectivity index (χ0) is 14.4. The van der Waals surface area contributed by atoms with Crippen LogP contribution >= 0.6 is 23.4 Å².